The fourth-order valence-corrected chi connectivity index (χ4v) is 2.98. The Morgan fingerprint density at radius 2 is 2.00 bits per heavy atom. The molecule has 4 heteroatoms. The zero-order valence-electron chi connectivity index (χ0n) is 11.4. The third-order valence-corrected chi connectivity index (χ3v) is 4.21. The van der Waals surface area contributed by atoms with Crippen LogP contribution in [0.3, 0.4) is 0 Å². The van der Waals surface area contributed by atoms with Gasteiger partial charge in [-0.2, -0.15) is 0 Å². The van der Waals surface area contributed by atoms with Crippen molar-refractivity contribution in [2.45, 2.75) is 32.7 Å². The van der Waals surface area contributed by atoms with E-state index in [4.69, 9.17) is 0 Å². The molecule has 0 atom stereocenters. The van der Waals surface area contributed by atoms with Crippen molar-refractivity contribution < 1.29 is 14.7 Å². The maximum Gasteiger partial charge on any atom is 0.353 e. The van der Waals surface area contributed by atoms with Crippen molar-refractivity contribution in [2.24, 2.45) is 5.92 Å². The third kappa shape index (κ3) is 1.75. The van der Waals surface area contributed by atoms with Gasteiger partial charge in [0, 0.05) is 23.4 Å². The number of carboxylic acids is 1. The minimum Gasteiger partial charge on any atom is -0.477 e. The van der Waals surface area contributed by atoms with E-state index in [0.29, 0.717) is 12.1 Å². The lowest BCUT2D eigenvalue weighted by Gasteiger charge is -2.23. The van der Waals surface area contributed by atoms with Gasteiger partial charge in [0.2, 0.25) is 0 Å². The minimum atomic E-state index is -1.02. The van der Waals surface area contributed by atoms with Crippen LogP contribution in [0.4, 0.5) is 0 Å². The summed E-state index contributed by atoms with van der Waals surface area (Å²) in [4.78, 5) is 24.3. The van der Waals surface area contributed by atoms with E-state index in [2.05, 4.69) is 0 Å². The molecule has 1 aromatic carbocycles. The van der Waals surface area contributed by atoms with Crippen LogP contribution in [0.25, 0.3) is 10.9 Å². The Hall–Kier alpha value is -2.10. The molecule has 1 aromatic heterocycles. The summed E-state index contributed by atoms with van der Waals surface area (Å²) in [6.45, 7) is 2.44. The summed E-state index contributed by atoms with van der Waals surface area (Å²) in [6, 6.07) is 7.45. The molecule has 0 unspecified atom stereocenters. The number of hydrogen-bond donors (Lipinski definition) is 1. The molecule has 1 N–H and O–H groups in total. The average molecular weight is 271 g/mol. The predicted molar refractivity (Wildman–Crippen MR) is 76.2 cm³/mol. The van der Waals surface area contributed by atoms with Crippen molar-refractivity contribution in [1.82, 2.24) is 4.57 Å². The number of hydrogen-bond acceptors (Lipinski definition) is 2. The molecule has 0 aliphatic heterocycles. The van der Waals surface area contributed by atoms with Crippen molar-refractivity contribution in [1.29, 1.82) is 0 Å². The Bertz CT molecular complexity index is 695. The number of carbonyl (C=O) groups excluding carboxylic acids is 1. The Kier molecular flexibility index (Phi) is 3.08. The first-order chi connectivity index (χ1) is 9.65. The van der Waals surface area contributed by atoms with Gasteiger partial charge >= 0.3 is 5.97 Å². The van der Waals surface area contributed by atoms with Crippen molar-refractivity contribution in [3.05, 3.63) is 35.5 Å². The van der Waals surface area contributed by atoms with E-state index < -0.39 is 5.97 Å². The molecule has 4 nitrogen and oxygen atoms in total. The number of benzene rings is 1. The number of aryl methyl sites for hydroxylation is 1. The summed E-state index contributed by atoms with van der Waals surface area (Å²) in [6.07, 6.45) is 2.82. The molecule has 1 heterocycles. The third-order valence-electron chi connectivity index (χ3n) is 4.21. The Morgan fingerprint density at radius 3 is 2.55 bits per heavy atom. The van der Waals surface area contributed by atoms with E-state index in [1.54, 1.807) is 4.57 Å². The highest BCUT2D eigenvalue weighted by Crippen LogP contribution is 2.35. The van der Waals surface area contributed by atoms with Gasteiger partial charge in [-0.15, -0.1) is 0 Å². The number of aromatic nitrogens is 1. The smallest absolute Gasteiger partial charge is 0.353 e. The molecule has 1 saturated carbocycles. The van der Waals surface area contributed by atoms with Gasteiger partial charge < -0.3 is 9.67 Å². The molecule has 3 rings (SSSR count). The lowest BCUT2D eigenvalue weighted by molar-refractivity contribution is 0.0676. The van der Waals surface area contributed by atoms with E-state index in [1.807, 2.05) is 31.2 Å². The first-order valence-electron chi connectivity index (χ1n) is 7.03. The number of carboxylic acid groups (broad SMARTS) is 1. The van der Waals surface area contributed by atoms with E-state index in [1.165, 1.54) is 0 Å². The Morgan fingerprint density at radius 1 is 1.30 bits per heavy atom. The van der Waals surface area contributed by atoms with Crippen LogP contribution < -0.4 is 0 Å². The van der Waals surface area contributed by atoms with Gasteiger partial charge in [-0.25, -0.2) is 4.79 Å². The second-order valence-electron chi connectivity index (χ2n) is 5.28. The number of fused-ring (bicyclic) bond motifs is 1. The molecule has 0 bridgehead atoms. The second-order valence-corrected chi connectivity index (χ2v) is 5.28. The van der Waals surface area contributed by atoms with Crippen LogP contribution in [0, 0.1) is 5.92 Å². The maximum absolute atomic E-state index is 12.6. The average Bonchev–Trinajstić information content (AvgIpc) is 2.70. The highest BCUT2D eigenvalue weighted by molar-refractivity contribution is 6.16. The zero-order chi connectivity index (χ0) is 14.3. The van der Waals surface area contributed by atoms with Crippen molar-refractivity contribution in [3.8, 4) is 0 Å². The lowest BCUT2D eigenvalue weighted by atomic mass is 9.79. The molecule has 1 aliphatic rings. The quantitative estimate of drug-likeness (QED) is 0.867. The molecule has 0 amide bonds. The van der Waals surface area contributed by atoms with Gasteiger partial charge in [-0.1, -0.05) is 24.6 Å². The number of nitrogens with zero attached hydrogens (tertiary/aromatic N) is 1. The van der Waals surface area contributed by atoms with E-state index in [9.17, 15) is 14.7 Å². The fraction of sp³-hybridized carbons (Fsp3) is 0.375. The molecule has 0 spiro atoms. The molecule has 2 aromatic rings. The number of para-hydroxylation sites is 1. The van der Waals surface area contributed by atoms with Crippen LogP contribution in [0.5, 0.6) is 0 Å². The molecule has 0 radical (unpaired) electrons. The zero-order valence-corrected chi connectivity index (χ0v) is 11.4. The number of Topliss-reactive ketones (excluding diaryl/α,β-unsaturated/α-hetero) is 1. The van der Waals surface area contributed by atoms with Crippen molar-refractivity contribution in [3.63, 3.8) is 0 Å². The van der Waals surface area contributed by atoms with Crippen LogP contribution in [0.15, 0.2) is 24.3 Å². The van der Waals surface area contributed by atoms with Gasteiger partial charge in [0.05, 0.1) is 5.56 Å². The normalized spacial score (nSPS) is 15.2. The van der Waals surface area contributed by atoms with Gasteiger partial charge in [0.15, 0.2) is 5.78 Å². The van der Waals surface area contributed by atoms with Gasteiger partial charge in [0.25, 0.3) is 0 Å². The Balaban J connectivity index is 2.29. The summed E-state index contributed by atoms with van der Waals surface area (Å²) < 4.78 is 1.73. The summed E-state index contributed by atoms with van der Waals surface area (Å²) >= 11 is 0. The molecule has 20 heavy (non-hydrogen) atoms. The van der Waals surface area contributed by atoms with Crippen LogP contribution in [-0.2, 0) is 6.54 Å². The summed E-state index contributed by atoms with van der Waals surface area (Å²) in [5.41, 5.74) is 1.38. The van der Waals surface area contributed by atoms with Crippen LogP contribution in [-0.4, -0.2) is 21.4 Å². The number of carbonyl (C=O) groups is 2. The molecule has 1 fully saturated rings. The summed E-state index contributed by atoms with van der Waals surface area (Å²) in [5.74, 6) is -1.02. The van der Waals surface area contributed by atoms with Crippen LogP contribution >= 0.6 is 0 Å². The molecule has 0 saturated heterocycles. The molecule has 104 valence electrons. The first kappa shape index (κ1) is 12.9. The monoisotopic (exact) mass is 271 g/mol. The number of aromatic carboxylic acids is 1. The van der Waals surface area contributed by atoms with Crippen molar-refractivity contribution in [2.75, 3.05) is 0 Å². The van der Waals surface area contributed by atoms with Gasteiger partial charge in [-0.05, 0) is 25.8 Å². The van der Waals surface area contributed by atoms with Gasteiger partial charge in [0.1, 0.15) is 5.69 Å². The largest absolute Gasteiger partial charge is 0.477 e. The predicted octanol–water partition coefficient (Wildman–Crippen LogP) is 3.34. The minimum absolute atomic E-state index is 0.00273. The summed E-state index contributed by atoms with van der Waals surface area (Å²) in [7, 11) is 0. The van der Waals surface area contributed by atoms with E-state index in [-0.39, 0.29) is 17.4 Å². The molecule has 1 aliphatic carbocycles. The second kappa shape index (κ2) is 4.78. The molecular formula is C16H17NO3. The fourth-order valence-electron chi connectivity index (χ4n) is 2.98. The first-order valence-corrected chi connectivity index (χ1v) is 7.03. The maximum atomic E-state index is 12.6. The lowest BCUT2D eigenvalue weighted by Crippen LogP contribution is -2.24. The van der Waals surface area contributed by atoms with Gasteiger partial charge in [-0.3, -0.25) is 4.79 Å². The Labute approximate surface area is 117 Å². The van der Waals surface area contributed by atoms with E-state index in [0.717, 1.165) is 30.2 Å². The van der Waals surface area contributed by atoms with E-state index >= 15 is 0 Å². The highest BCUT2D eigenvalue weighted by atomic mass is 16.4. The number of ketones is 1. The highest BCUT2D eigenvalue weighted by Gasteiger charge is 2.33. The number of rotatable bonds is 4. The molecular weight excluding hydrogens is 254 g/mol. The topological polar surface area (TPSA) is 59.3 Å². The van der Waals surface area contributed by atoms with Crippen LogP contribution in [0.2, 0.25) is 0 Å². The van der Waals surface area contributed by atoms with Crippen LogP contribution in [0.1, 0.15) is 47.0 Å². The van der Waals surface area contributed by atoms with Crippen molar-refractivity contribution >= 4 is 22.7 Å². The summed E-state index contributed by atoms with van der Waals surface area (Å²) in [5, 5.41) is 10.3. The SMILES string of the molecule is CCn1c(C(=O)O)c(C(=O)C2CCC2)c2ccccc21. The standard InChI is InChI=1S/C16H17NO3/c1-2-17-12-9-4-3-8-11(12)13(14(17)16(19)20)15(18)10-6-5-7-10/h3-4,8-10H,2,5-7H2,1H3,(H,19,20).